The zero-order valence-electron chi connectivity index (χ0n) is 7.16. The number of aromatic nitrogens is 1. The molecule has 0 fully saturated rings. The molecule has 1 aromatic heterocycles. The van der Waals surface area contributed by atoms with E-state index in [2.05, 4.69) is 4.98 Å². The van der Waals surface area contributed by atoms with Gasteiger partial charge in [0.2, 0.25) is 0 Å². The molecule has 1 aromatic rings. The van der Waals surface area contributed by atoms with Crippen LogP contribution in [-0.4, -0.2) is 24.9 Å². The normalized spacial score (nSPS) is 9.83. The van der Waals surface area contributed by atoms with E-state index in [-0.39, 0.29) is 5.84 Å². The third-order valence-corrected chi connectivity index (χ3v) is 2.45. The standard InChI is InChI=1S/C7H12N4S/c1-11(2)7-10-4-5(12-7)3-6(8)9/h4H,3H2,1-2H3,(H3,8,9). The average Bonchev–Trinajstić information content (AvgIpc) is 2.34. The largest absolute Gasteiger partial charge is 0.387 e. The molecule has 0 aliphatic heterocycles. The van der Waals surface area contributed by atoms with Gasteiger partial charge >= 0.3 is 0 Å². The molecule has 1 rings (SSSR count). The summed E-state index contributed by atoms with van der Waals surface area (Å²) in [5.41, 5.74) is 5.26. The number of amidine groups is 1. The lowest BCUT2D eigenvalue weighted by Gasteiger charge is -2.04. The minimum atomic E-state index is 0.184. The van der Waals surface area contributed by atoms with Crippen LogP contribution in [0.15, 0.2) is 6.20 Å². The molecule has 0 radical (unpaired) electrons. The molecule has 0 spiro atoms. The van der Waals surface area contributed by atoms with Crippen LogP contribution in [0.4, 0.5) is 5.13 Å². The molecule has 5 heteroatoms. The van der Waals surface area contributed by atoms with Crippen molar-refractivity contribution in [3.8, 4) is 0 Å². The van der Waals surface area contributed by atoms with Crippen molar-refractivity contribution in [2.45, 2.75) is 6.42 Å². The number of nitrogens with one attached hydrogen (secondary N) is 1. The van der Waals surface area contributed by atoms with Crippen molar-refractivity contribution < 1.29 is 0 Å². The van der Waals surface area contributed by atoms with Gasteiger partial charge < -0.3 is 10.6 Å². The first-order valence-electron chi connectivity index (χ1n) is 3.54. The molecule has 0 saturated carbocycles. The SMILES string of the molecule is CN(C)c1ncc(CC(=N)N)s1. The molecule has 0 aliphatic rings. The number of nitrogens with two attached hydrogens (primary N) is 1. The molecule has 12 heavy (non-hydrogen) atoms. The first kappa shape index (κ1) is 8.99. The quantitative estimate of drug-likeness (QED) is 0.536. The van der Waals surface area contributed by atoms with Gasteiger partial charge in [0, 0.05) is 31.6 Å². The van der Waals surface area contributed by atoms with E-state index >= 15 is 0 Å². The topological polar surface area (TPSA) is 66.0 Å². The van der Waals surface area contributed by atoms with Crippen molar-refractivity contribution in [2.24, 2.45) is 5.73 Å². The molecule has 0 amide bonds. The Kier molecular flexibility index (Phi) is 2.65. The van der Waals surface area contributed by atoms with Crippen LogP contribution in [0.25, 0.3) is 0 Å². The number of hydrogen-bond donors (Lipinski definition) is 2. The summed E-state index contributed by atoms with van der Waals surface area (Å²) in [5.74, 6) is 0.184. The first-order chi connectivity index (χ1) is 5.59. The minimum Gasteiger partial charge on any atom is -0.387 e. The summed E-state index contributed by atoms with van der Waals surface area (Å²) in [6.45, 7) is 0. The van der Waals surface area contributed by atoms with Gasteiger partial charge in [-0.05, 0) is 0 Å². The molecular weight excluding hydrogens is 172 g/mol. The van der Waals surface area contributed by atoms with E-state index in [1.807, 2.05) is 19.0 Å². The molecule has 1 heterocycles. The minimum absolute atomic E-state index is 0.184. The second-order valence-electron chi connectivity index (χ2n) is 2.71. The highest BCUT2D eigenvalue weighted by Gasteiger charge is 2.03. The molecule has 0 atom stereocenters. The molecule has 0 aromatic carbocycles. The summed E-state index contributed by atoms with van der Waals surface area (Å²) in [6, 6.07) is 0. The van der Waals surface area contributed by atoms with Crippen LogP contribution < -0.4 is 10.6 Å². The van der Waals surface area contributed by atoms with E-state index in [9.17, 15) is 0 Å². The van der Waals surface area contributed by atoms with Crippen molar-refractivity contribution in [3.63, 3.8) is 0 Å². The first-order valence-corrected chi connectivity index (χ1v) is 4.36. The van der Waals surface area contributed by atoms with Gasteiger partial charge in [-0.25, -0.2) is 4.98 Å². The highest BCUT2D eigenvalue weighted by atomic mass is 32.1. The van der Waals surface area contributed by atoms with Gasteiger partial charge in [0.05, 0.1) is 5.84 Å². The molecule has 0 bridgehead atoms. The summed E-state index contributed by atoms with van der Waals surface area (Å²) in [4.78, 5) is 7.13. The molecular formula is C7H12N4S. The Morgan fingerprint density at radius 3 is 2.83 bits per heavy atom. The molecule has 0 unspecified atom stereocenters. The Hall–Kier alpha value is -1.10. The van der Waals surface area contributed by atoms with Crippen LogP contribution >= 0.6 is 11.3 Å². The highest BCUT2D eigenvalue weighted by Crippen LogP contribution is 2.20. The lowest BCUT2D eigenvalue weighted by Crippen LogP contribution is -2.11. The average molecular weight is 184 g/mol. The molecule has 3 N–H and O–H groups in total. The summed E-state index contributed by atoms with van der Waals surface area (Å²) in [7, 11) is 3.88. The Labute approximate surface area is 75.5 Å². The highest BCUT2D eigenvalue weighted by molar-refractivity contribution is 7.15. The van der Waals surface area contributed by atoms with Crippen molar-refractivity contribution in [1.29, 1.82) is 5.41 Å². The monoisotopic (exact) mass is 184 g/mol. The molecule has 0 aliphatic carbocycles. The fourth-order valence-electron chi connectivity index (χ4n) is 0.773. The lowest BCUT2D eigenvalue weighted by molar-refractivity contribution is 1.10. The number of hydrogen-bond acceptors (Lipinski definition) is 4. The van der Waals surface area contributed by atoms with Crippen LogP contribution in [0, 0.1) is 5.41 Å². The fourth-order valence-corrected chi connectivity index (χ4v) is 1.63. The van der Waals surface area contributed by atoms with E-state index in [4.69, 9.17) is 11.1 Å². The van der Waals surface area contributed by atoms with Crippen molar-refractivity contribution in [1.82, 2.24) is 4.98 Å². The van der Waals surface area contributed by atoms with E-state index in [0.29, 0.717) is 6.42 Å². The van der Waals surface area contributed by atoms with Gasteiger partial charge in [-0.1, -0.05) is 0 Å². The number of thiazole rings is 1. The maximum Gasteiger partial charge on any atom is 0.184 e. The van der Waals surface area contributed by atoms with Crippen LogP contribution in [0.3, 0.4) is 0 Å². The van der Waals surface area contributed by atoms with Gasteiger partial charge in [0.15, 0.2) is 5.13 Å². The maximum atomic E-state index is 7.09. The fraction of sp³-hybridized carbons (Fsp3) is 0.429. The van der Waals surface area contributed by atoms with E-state index in [1.165, 1.54) is 0 Å². The third kappa shape index (κ3) is 2.20. The van der Waals surface area contributed by atoms with Gasteiger partial charge in [0.25, 0.3) is 0 Å². The second-order valence-corrected chi connectivity index (χ2v) is 3.80. The van der Waals surface area contributed by atoms with Crippen LogP contribution in [0.1, 0.15) is 4.88 Å². The maximum absolute atomic E-state index is 7.09. The number of rotatable bonds is 3. The summed E-state index contributed by atoms with van der Waals surface area (Å²) in [6.07, 6.45) is 2.27. The van der Waals surface area contributed by atoms with Gasteiger partial charge in [-0.3, -0.25) is 5.41 Å². The number of nitrogens with zero attached hydrogens (tertiary/aromatic N) is 2. The predicted molar refractivity (Wildman–Crippen MR) is 52.1 cm³/mol. The second kappa shape index (κ2) is 3.53. The third-order valence-electron chi connectivity index (χ3n) is 1.29. The Morgan fingerprint density at radius 2 is 2.42 bits per heavy atom. The molecule has 66 valence electrons. The lowest BCUT2D eigenvalue weighted by atomic mass is 10.4. The Morgan fingerprint density at radius 1 is 1.75 bits per heavy atom. The molecule has 0 saturated heterocycles. The van der Waals surface area contributed by atoms with Crippen LogP contribution in [-0.2, 0) is 6.42 Å². The summed E-state index contributed by atoms with van der Waals surface area (Å²) in [5, 5.41) is 8.04. The van der Waals surface area contributed by atoms with E-state index < -0.39 is 0 Å². The Bertz CT molecular complexity index is 279. The summed E-state index contributed by atoms with van der Waals surface area (Å²) < 4.78 is 0. The Balaban J connectivity index is 2.70. The smallest absolute Gasteiger partial charge is 0.184 e. The number of anilines is 1. The van der Waals surface area contributed by atoms with Gasteiger partial charge in [-0.2, -0.15) is 0 Å². The molecule has 4 nitrogen and oxygen atoms in total. The predicted octanol–water partition coefficient (Wildman–Crippen LogP) is 0.688. The van der Waals surface area contributed by atoms with Crippen molar-refractivity contribution in [3.05, 3.63) is 11.1 Å². The van der Waals surface area contributed by atoms with Crippen LogP contribution in [0.5, 0.6) is 0 Å². The van der Waals surface area contributed by atoms with Crippen LogP contribution in [0.2, 0.25) is 0 Å². The van der Waals surface area contributed by atoms with Crippen molar-refractivity contribution >= 4 is 22.3 Å². The van der Waals surface area contributed by atoms with E-state index in [1.54, 1.807) is 17.5 Å². The van der Waals surface area contributed by atoms with Gasteiger partial charge in [-0.15, -0.1) is 11.3 Å². The zero-order chi connectivity index (χ0) is 9.14. The van der Waals surface area contributed by atoms with Gasteiger partial charge in [0.1, 0.15) is 0 Å². The van der Waals surface area contributed by atoms with E-state index in [0.717, 1.165) is 10.0 Å². The zero-order valence-corrected chi connectivity index (χ0v) is 7.98. The van der Waals surface area contributed by atoms with Crippen molar-refractivity contribution in [2.75, 3.05) is 19.0 Å². The summed E-state index contributed by atoms with van der Waals surface area (Å²) >= 11 is 1.56.